The molecule has 0 fully saturated rings. The van der Waals surface area contributed by atoms with Crippen molar-refractivity contribution < 1.29 is 23.9 Å². The topological polar surface area (TPSA) is 118 Å². The van der Waals surface area contributed by atoms with Gasteiger partial charge < -0.3 is 20.1 Å². The Morgan fingerprint density at radius 1 is 1.11 bits per heavy atom. The molecule has 0 aromatic heterocycles. The molecule has 0 bridgehead atoms. The van der Waals surface area contributed by atoms with Crippen LogP contribution in [0.25, 0.3) is 0 Å². The Bertz CT molecular complexity index is 887. The molecule has 2 aromatic carbocycles. The highest BCUT2D eigenvalue weighted by atomic mass is 16.5. The van der Waals surface area contributed by atoms with Crippen molar-refractivity contribution in [2.75, 3.05) is 25.1 Å². The van der Waals surface area contributed by atoms with Gasteiger partial charge in [0.1, 0.15) is 12.3 Å². The van der Waals surface area contributed by atoms with Gasteiger partial charge in [-0.15, -0.1) is 0 Å². The van der Waals surface area contributed by atoms with Crippen molar-refractivity contribution in [3.05, 3.63) is 59.7 Å². The minimum Gasteiger partial charge on any atom is -0.494 e. The largest absolute Gasteiger partial charge is 0.494 e. The summed E-state index contributed by atoms with van der Waals surface area (Å²) in [6, 6.07) is 14.8. The smallest absolute Gasteiger partial charge is 0.325 e. The van der Waals surface area contributed by atoms with Crippen LogP contribution in [0, 0.1) is 11.3 Å². The Morgan fingerprint density at radius 2 is 1.86 bits per heavy atom. The number of nitriles is 1. The number of hydrogen-bond donors (Lipinski definition) is 2. The van der Waals surface area contributed by atoms with Crippen molar-refractivity contribution in [1.82, 2.24) is 5.32 Å². The van der Waals surface area contributed by atoms with E-state index in [0.717, 1.165) is 0 Å². The average molecular weight is 381 g/mol. The molecule has 0 aliphatic rings. The standard InChI is InChI=1S/C20H19N3O5/c1-2-27-17-8-6-15(7-9-17)20(26)22-12-19(25)28-13-18(24)23-16-5-3-4-14(10-16)11-21/h3-10H,2,12-13H2,1H3,(H,22,26)(H,23,24). The van der Waals surface area contributed by atoms with Gasteiger partial charge in [-0.2, -0.15) is 5.26 Å². The summed E-state index contributed by atoms with van der Waals surface area (Å²) in [6.45, 7) is 1.50. The molecule has 0 unspecified atom stereocenters. The second kappa shape index (κ2) is 10.3. The first-order valence-corrected chi connectivity index (χ1v) is 8.48. The zero-order chi connectivity index (χ0) is 20.4. The van der Waals surface area contributed by atoms with Crippen LogP contribution in [0.2, 0.25) is 0 Å². The Kier molecular flexibility index (Phi) is 7.54. The van der Waals surface area contributed by atoms with Crippen LogP contribution in [0.3, 0.4) is 0 Å². The van der Waals surface area contributed by atoms with E-state index in [4.69, 9.17) is 14.7 Å². The molecule has 0 aliphatic heterocycles. The van der Waals surface area contributed by atoms with E-state index in [1.54, 1.807) is 42.5 Å². The van der Waals surface area contributed by atoms with Gasteiger partial charge in [0.15, 0.2) is 6.61 Å². The number of anilines is 1. The van der Waals surface area contributed by atoms with Gasteiger partial charge in [0, 0.05) is 11.3 Å². The van der Waals surface area contributed by atoms with Crippen molar-refractivity contribution in [3.63, 3.8) is 0 Å². The normalized spacial score (nSPS) is 9.71. The predicted molar refractivity (Wildman–Crippen MR) is 101 cm³/mol. The number of nitrogens with zero attached hydrogens (tertiary/aromatic N) is 1. The number of benzene rings is 2. The fourth-order valence-electron chi connectivity index (χ4n) is 2.18. The minimum atomic E-state index is -0.750. The van der Waals surface area contributed by atoms with E-state index in [1.165, 1.54) is 6.07 Å². The van der Waals surface area contributed by atoms with Gasteiger partial charge in [-0.05, 0) is 49.4 Å². The summed E-state index contributed by atoms with van der Waals surface area (Å²) in [5.41, 5.74) is 1.18. The maximum absolute atomic E-state index is 12.0. The van der Waals surface area contributed by atoms with E-state index >= 15 is 0 Å². The van der Waals surface area contributed by atoms with Crippen molar-refractivity contribution >= 4 is 23.5 Å². The summed E-state index contributed by atoms with van der Waals surface area (Å²) in [7, 11) is 0. The molecule has 0 heterocycles. The van der Waals surface area contributed by atoms with Crippen molar-refractivity contribution in [2.24, 2.45) is 0 Å². The molecule has 144 valence electrons. The fraction of sp³-hybridized carbons (Fsp3) is 0.200. The molecular formula is C20H19N3O5. The Hall–Kier alpha value is -3.86. The number of esters is 1. The van der Waals surface area contributed by atoms with Crippen LogP contribution in [0.15, 0.2) is 48.5 Å². The lowest BCUT2D eigenvalue weighted by atomic mass is 10.2. The molecule has 2 N–H and O–H groups in total. The fourth-order valence-corrected chi connectivity index (χ4v) is 2.18. The van der Waals surface area contributed by atoms with E-state index in [0.29, 0.717) is 29.2 Å². The maximum atomic E-state index is 12.0. The van der Waals surface area contributed by atoms with Crippen LogP contribution in [0.1, 0.15) is 22.8 Å². The Balaban J connectivity index is 1.73. The van der Waals surface area contributed by atoms with E-state index in [9.17, 15) is 14.4 Å². The second-order valence-corrected chi connectivity index (χ2v) is 5.54. The molecule has 8 heteroatoms. The number of ether oxygens (including phenoxy) is 2. The summed E-state index contributed by atoms with van der Waals surface area (Å²) in [4.78, 5) is 35.5. The van der Waals surface area contributed by atoms with Gasteiger partial charge in [-0.3, -0.25) is 14.4 Å². The van der Waals surface area contributed by atoms with E-state index < -0.39 is 24.4 Å². The molecule has 2 aromatic rings. The van der Waals surface area contributed by atoms with Gasteiger partial charge in [0.25, 0.3) is 11.8 Å². The van der Waals surface area contributed by atoms with Crippen LogP contribution >= 0.6 is 0 Å². The van der Waals surface area contributed by atoms with Crippen LogP contribution in [-0.4, -0.2) is 37.5 Å². The molecule has 0 saturated heterocycles. The SMILES string of the molecule is CCOc1ccc(C(=O)NCC(=O)OCC(=O)Nc2cccc(C#N)c2)cc1. The van der Waals surface area contributed by atoms with Gasteiger partial charge in [0.05, 0.1) is 18.2 Å². The Morgan fingerprint density at radius 3 is 2.54 bits per heavy atom. The minimum absolute atomic E-state index is 0.367. The van der Waals surface area contributed by atoms with E-state index in [-0.39, 0.29) is 6.54 Å². The monoisotopic (exact) mass is 381 g/mol. The number of carbonyl (C=O) groups excluding carboxylic acids is 3. The summed E-state index contributed by atoms with van der Waals surface area (Å²) < 4.78 is 10.1. The highest BCUT2D eigenvalue weighted by Crippen LogP contribution is 2.12. The van der Waals surface area contributed by atoms with Crippen LogP contribution in [0.5, 0.6) is 5.75 Å². The zero-order valence-corrected chi connectivity index (χ0v) is 15.2. The second-order valence-electron chi connectivity index (χ2n) is 5.54. The van der Waals surface area contributed by atoms with Crippen molar-refractivity contribution in [1.29, 1.82) is 5.26 Å². The first-order chi connectivity index (χ1) is 13.5. The highest BCUT2D eigenvalue weighted by molar-refractivity contribution is 5.96. The molecular weight excluding hydrogens is 362 g/mol. The molecule has 0 radical (unpaired) electrons. The van der Waals surface area contributed by atoms with Crippen LogP contribution in [0.4, 0.5) is 5.69 Å². The predicted octanol–water partition coefficient (Wildman–Crippen LogP) is 1.87. The summed E-state index contributed by atoms with van der Waals surface area (Å²) in [5, 5.41) is 13.8. The third kappa shape index (κ3) is 6.46. The van der Waals surface area contributed by atoms with Gasteiger partial charge >= 0.3 is 5.97 Å². The van der Waals surface area contributed by atoms with E-state index in [2.05, 4.69) is 10.6 Å². The van der Waals surface area contributed by atoms with Crippen LogP contribution < -0.4 is 15.4 Å². The summed E-state index contributed by atoms with van der Waals surface area (Å²) in [6.07, 6.45) is 0. The van der Waals surface area contributed by atoms with Crippen LogP contribution in [-0.2, 0) is 14.3 Å². The highest BCUT2D eigenvalue weighted by Gasteiger charge is 2.11. The Labute approximate surface area is 162 Å². The number of amides is 2. The van der Waals surface area contributed by atoms with Gasteiger partial charge in [-0.1, -0.05) is 6.07 Å². The number of carbonyl (C=O) groups is 3. The lowest BCUT2D eigenvalue weighted by Crippen LogP contribution is -2.32. The summed E-state index contributed by atoms with van der Waals surface area (Å²) in [5.74, 6) is -1.11. The van der Waals surface area contributed by atoms with Gasteiger partial charge in [0.2, 0.25) is 0 Å². The molecule has 0 aliphatic carbocycles. The maximum Gasteiger partial charge on any atom is 0.325 e. The van der Waals surface area contributed by atoms with E-state index in [1.807, 2.05) is 13.0 Å². The quantitative estimate of drug-likeness (QED) is 0.674. The third-order valence-electron chi connectivity index (χ3n) is 3.46. The van der Waals surface area contributed by atoms with Crippen molar-refractivity contribution in [2.45, 2.75) is 6.92 Å². The number of rotatable bonds is 8. The van der Waals surface area contributed by atoms with Gasteiger partial charge in [-0.25, -0.2) is 0 Å². The molecule has 2 amide bonds. The lowest BCUT2D eigenvalue weighted by Gasteiger charge is -2.08. The first kappa shape index (κ1) is 20.5. The number of nitrogens with one attached hydrogen (secondary N) is 2. The summed E-state index contributed by atoms with van der Waals surface area (Å²) >= 11 is 0. The molecule has 2 rings (SSSR count). The van der Waals surface area contributed by atoms with Crippen molar-refractivity contribution in [3.8, 4) is 11.8 Å². The molecule has 0 saturated carbocycles. The molecule has 0 atom stereocenters. The molecule has 0 spiro atoms. The zero-order valence-electron chi connectivity index (χ0n) is 15.2. The average Bonchev–Trinajstić information content (AvgIpc) is 2.71. The number of hydrogen-bond acceptors (Lipinski definition) is 6. The lowest BCUT2D eigenvalue weighted by molar-refractivity contribution is -0.146. The third-order valence-corrected chi connectivity index (χ3v) is 3.46. The molecule has 28 heavy (non-hydrogen) atoms. The molecule has 8 nitrogen and oxygen atoms in total. The first-order valence-electron chi connectivity index (χ1n) is 8.48.